The molecule has 0 spiro atoms. The van der Waals surface area contributed by atoms with Gasteiger partial charge in [0, 0.05) is 37.6 Å². The summed E-state index contributed by atoms with van der Waals surface area (Å²) in [4.78, 5) is 12.9. The Labute approximate surface area is 184 Å². The van der Waals surface area contributed by atoms with Crippen LogP contribution in [-0.4, -0.2) is 36.1 Å². The Morgan fingerprint density at radius 1 is 0.938 bits per heavy atom. The SMILES string of the molecule is Cc1cccc(N2CCN(c3ncnc(Nc4cccc(C(F)(F)F)c4)c3N)CC2)c1C. The van der Waals surface area contributed by atoms with Gasteiger partial charge in [0.2, 0.25) is 0 Å². The zero-order valence-corrected chi connectivity index (χ0v) is 17.9. The second-order valence-electron chi connectivity index (χ2n) is 7.86. The van der Waals surface area contributed by atoms with Gasteiger partial charge < -0.3 is 20.9 Å². The van der Waals surface area contributed by atoms with Crippen LogP contribution in [0, 0.1) is 13.8 Å². The molecule has 3 N–H and O–H groups in total. The third-order valence-electron chi connectivity index (χ3n) is 5.81. The Morgan fingerprint density at radius 3 is 2.34 bits per heavy atom. The van der Waals surface area contributed by atoms with Crippen molar-refractivity contribution in [3.05, 3.63) is 65.5 Å². The van der Waals surface area contributed by atoms with Gasteiger partial charge in [0.1, 0.15) is 12.0 Å². The fourth-order valence-corrected chi connectivity index (χ4v) is 3.89. The van der Waals surface area contributed by atoms with Crippen LogP contribution in [0.3, 0.4) is 0 Å². The average molecular weight is 442 g/mol. The van der Waals surface area contributed by atoms with E-state index in [0.29, 0.717) is 11.5 Å². The van der Waals surface area contributed by atoms with E-state index in [1.165, 1.54) is 29.2 Å². The largest absolute Gasteiger partial charge is 0.416 e. The van der Waals surface area contributed by atoms with Crippen LogP contribution in [0.4, 0.5) is 41.9 Å². The van der Waals surface area contributed by atoms with Gasteiger partial charge in [-0.2, -0.15) is 13.2 Å². The first-order valence-corrected chi connectivity index (χ1v) is 10.3. The van der Waals surface area contributed by atoms with Crippen molar-refractivity contribution >= 4 is 28.7 Å². The minimum absolute atomic E-state index is 0.260. The van der Waals surface area contributed by atoms with Gasteiger partial charge in [-0.3, -0.25) is 0 Å². The van der Waals surface area contributed by atoms with Crippen LogP contribution >= 0.6 is 0 Å². The summed E-state index contributed by atoms with van der Waals surface area (Å²) in [6, 6.07) is 11.2. The summed E-state index contributed by atoms with van der Waals surface area (Å²) < 4.78 is 39.0. The summed E-state index contributed by atoms with van der Waals surface area (Å²) in [7, 11) is 0. The number of anilines is 5. The maximum Gasteiger partial charge on any atom is 0.416 e. The number of rotatable bonds is 4. The van der Waals surface area contributed by atoms with Crippen molar-refractivity contribution in [3.8, 4) is 0 Å². The van der Waals surface area contributed by atoms with Gasteiger partial charge in [-0.05, 0) is 49.2 Å². The summed E-state index contributed by atoms with van der Waals surface area (Å²) in [6.45, 7) is 7.30. The summed E-state index contributed by atoms with van der Waals surface area (Å²) >= 11 is 0. The number of hydrogen-bond donors (Lipinski definition) is 2. The van der Waals surface area contributed by atoms with E-state index in [2.05, 4.69) is 57.1 Å². The van der Waals surface area contributed by atoms with E-state index in [0.717, 1.165) is 38.3 Å². The van der Waals surface area contributed by atoms with Gasteiger partial charge in [0.25, 0.3) is 0 Å². The molecule has 0 aliphatic carbocycles. The number of aryl methyl sites for hydroxylation is 1. The molecule has 1 aliphatic heterocycles. The molecule has 1 fully saturated rings. The molecule has 1 aliphatic rings. The predicted molar refractivity (Wildman–Crippen MR) is 122 cm³/mol. The highest BCUT2D eigenvalue weighted by molar-refractivity contribution is 5.78. The predicted octanol–water partition coefficient (Wildman–Crippen LogP) is 4.76. The summed E-state index contributed by atoms with van der Waals surface area (Å²) in [6.07, 6.45) is -3.05. The molecule has 0 saturated carbocycles. The average Bonchev–Trinajstić information content (AvgIpc) is 2.77. The van der Waals surface area contributed by atoms with E-state index in [1.54, 1.807) is 6.07 Å². The van der Waals surface area contributed by atoms with Crippen molar-refractivity contribution in [2.75, 3.05) is 47.0 Å². The number of piperazine rings is 1. The Morgan fingerprint density at radius 2 is 1.62 bits per heavy atom. The molecule has 0 bridgehead atoms. The summed E-state index contributed by atoms with van der Waals surface area (Å²) in [5, 5.41) is 2.90. The van der Waals surface area contributed by atoms with Crippen LogP contribution < -0.4 is 20.9 Å². The van der Waals surface area contributed by atoms with Crippen LogP contribution in [0.15, 0.2) is 48.8 Å². The zero-order valence-electron chi connectivity index (χ0n) is 17.9. The zero-order chi connectivity index (χ0) is 22.9. The monoisotopic (exact) mass is 442 g/mol. The molecule has 9 heteroatoms. The molecule has 2 heterocycles. The van der Waals surface area contributed by atoms with Gasteiger partial charge in [0.15, 0.2) is 11.6 Å². The van der Waals surface area contributed by atoms with Crippen LogP contribution in [0.5, 0.6) is 0 Å². The minimum atomic E-state index is -4.42. The van der Waals surface area contributed by atoms with Crippen molar-refractivity contribution in [1.29, 1.82) is 0 Å². The number of nitrogen functional groups attached to an aromatic ring is 1. The highest BCUT2D eigenvalue weighted by Gasteiger charge is 2.30. The second-order valence-corrected chi connectivity index (χ2v) is 7.86. The maximum absolute atomic E-state index is 13.0. The van der Waals surface area contributed by atoms with Crippen molar-refractivity contribution in [3.63, 3.8) is 0 Å². The molecular weight excluding hydrogens is 417 g/mol. The van der Waals surface area contributed by atoms with Crippen LogP contribution in [0.1, 0.15) is 16.7 Å². The van der Waals surface area contributed by atoms with Gasteiger partial charge in [-0.15, -0.1) is 0 Å². The number of nitrogens with two attached hydrogens (primary N) is 1. The van der Waals surface area contributed by atoms with E-state index >= 15 is 0 Å². The number of nitrogens with one attached hydrogen (secondary N) is 1. The number of benzene rings is 2. The second kappa shape index (κ2) is 8.57. The molecule has 0 atom stereocenters. The van der Waals surface area contributed by atoms with Gasteiger partial charge >= 0.3 is 6.18 Å². The van der Waals surface area contributed by atoms with E-state index in [4.69, 9.17) is 5.73 Å². The van der Waals surface area contributed by atoms with E-state index < -0.39 is 11.7 Å². The fraction of sp³-hybridized carbons (Fsp3) is 0.304. The Kier molecular flexibility index (Phi) is 5.82. The first kappa shape index (κ1) is 21.7. The number of halogens is 3. The normalized spacial score (nSPS) is 14.5. The molecule has 2 aromatic carbocycles. The van der Waals surface area contributed by atoms with E-state index in [9.17, 15) is 13.2 Å². The van der Waals surface area contributed by atoms with E-state index in [-0.39, 0.29) is 11.5 Å². The molecule has 0 radical (unpaired) electrons. The molecule has 1 saturated heterocycles. The summed E-state index contributed by atoms with van der Waals surface area (Å²) in [5.41, 5.74) is 9.90. The first-order chi connectivity index (χ1) is 15.2. The van der Waals surface area contributed by atoms with Gasteiger partial charge in [-0.25, -0.2) is 9.97 Å². The summed E-state index contributed by atoms with van der Waals surface area (Å²) in [5.74, 6) is 0.862. The van der Waals surface area contributed by atoms with Crippen LogP contribution in [0.25, 0.3) is 0 Å². The Hall–Kier alpha value is -3.49. The van der Waals surface area contributed by atoms with Crippen molar-refractivity contribution in [1.82, 2.24) is 9.97 Å². The lowest BCUT2D eigenvalue weighted by Crippen LogP contribution is -2.47. The number of alkyl halides is 3. The lowest BCUT2D eigenvalue weighted by Gasteiger charge is -2.38. The molecular formula is C23H25F3N6. The fourth-order valence-electron chi connectivity index (χ4n) is 3.89. The van der Waals surface area contributed by atoms with Crippen LogP contribution in [0.2, 0.25) is 0 Å². The van der Waals surface area contributed by atoms with Crippen molar-refractivity contribution in [2.45, 2.75) is 20.0 Å². The number of nitrogens with zero attached hydrogens (tertiary/aromatic N) is 4. The third-order valence-corrected chi connectivity index (χ3v) is 5.81. The Bertz CT molecular complexity index is 1110. The van der Waals surface area contributed by atoms with Crippen molar-refractivity contribution < 1.29 is 13.2 Å². The molecule has 0 unspecified atom stereocenters. The topological polar surface area (TPSA) is 70.3 Å². The maximum atomic E-state index is 13.0. The minimum Gasteiger partial charge on any atom is -0.393 e. The molecule has 1 aromatic heterocycles. The Balaban J connectivity index is 1.50. The van der Waals surface area contributed by atoms with E-state index in [1.807, 2.05) is 0 Å². The highest BCUT2D eigenvalue weighted by Crippen LogP contribution is 2.34. The van der Waals surface area contributed by atoms with Crippen LogP contribution in [-0.2, 0) is 6.18 Å². The third kappa shape index (κ3) is 4.42. The molecule has 3 aromatic rings. The molecule has 168 valence electrons. The quantitative estimate of drug-likeness (QED) is 0.607. The molecule has 4 rings (SSSR count). The lowest BCUT2D eigenvalue weighted by molar-refractivity contribution is -0.137. The lowest BCUT2D eigenvalue weighted by atomic mass is 10.1. The molecule has 6 nitrogen and oxygen atoms in total. The highest BCUT2D eigenvalue weighted by atomic mass is 19.4. The number of hydrogen-bond acceptors (Lipinski definition) is 6. The first-order valence-electron chi connectivity index (χ1n) is 10.3. The van der Waals surface area contributed by atoms with Gasteiger partial charge in [-0.1, -0.05) is 18.2 Å². The standard InChI is InChI=1S/C23H25F3N6/c1-15-5-3-8-19(16(15)2)31-9-11-32(12-10-31)22-20(27)21(28-14-29-22)30-18-7-4-6-17(13-18)23(24,25)26/h3-8,13-14H,9-12,27H2,1-2H3,(H,28,29,30). The molecule has 32 heavy (non-hydrogen) atoms. The molecule has 0 amide bonds. The smallest absolute Gasteiger partial charge is 0.393 e. The van der Waals surface area contributed by atoms with Crippen molar-refractivity contribution in [2.24, 2.45) is 0 Å². The number of aromatic nitrogens is 2. The van der Waals surface area contributed by atoms with Gasteiger partial charge in [0.05, 0.1) is 5.56 Å².